The second-order valence-electron chi connectivity index (χ2n) is 5.79. The number of hydrogen-bond donors (Lipinski definition) is 1. The fraction of sp³-hybridized carbons (Fsp3) is 0.529. The number of carbonyl (C=O) groups excluding carboxylic acids is 1. The Balaban J connectivity index is 1.67. The summed E-state index contributed by atoms with van der Waals surface area (Å²) in [7, 11) is 3.97. The van der Waals surface area contributed by atoms with E-state index in [0.717, 1.165) is 24.3 Å². The highest BCUT2D eigenvalue weighted by Crippen LogP contribution is 2.19. The second kappa shape index (κ2) is 8.39. The average molecular weight is 316 g/mol. The molecule has 1 heterocycles. The zero-order chi connectivity index (χ0) is 16.7. The molecular weight excluding hydrogens is 292 g/mol. The molecule has 6 heteroatoms. The zero-order valence-corrected chi connectivity index (χ0v) is 13.8. The number of anilines is 1. The average Bonchev–Trinajstić information content (AvgIpc) is 3.03. The minimum Gasteiger partial charge on any atom is -0.492 e. The smallest absolute Gasteiger partial charge is 0.237 e. The van der Waals surface area contributed by atoms with E-state index in [1.165, 1.54) is 0 Å². The summed E-state index contributed by atoms with van der Waals surface area (Å²) in [6.45, 7) is 2.01. The van der Waals surface area contributed by atoms with Crippen LogP contribution < -0.4 is 15.0 Å². The highest BCUT2D eigenvalue weighted by Gasteiger charge is 2.27. The van der Waals surface area contributed by atoms with Crippen LogP contribution in [0.3, 0.4) is 0 Å². The Bertz CT molecular complexity index is 568. The number of benzene rings is 1. The van der Waals surface area contributed by atoms with Crippen molar-refractivity contribution in [2.45, 2.75) is 18.9 Å². The minimum absolute atomic E-state index is 0.0105. The van der Waals surface area contributed by atoms with Crippen molar-refractivity contribution in [3.8, 4) is 11.8 Å². The standard InChI is InChI=1S/C17H24N4O2/c1-20(2)14-5-3-7-16(11-14)23-10-8-19-13-17(22)21-9-4-6-15(21)12-18/h3,5,7,11,15,19H,4,6,8-10,13H2,1-2H3/t15-/m0/s1. The second-order valence-corrected chi connectivity index (χ2v) is 5.79. The third kappa shape index (κ3) is 4.86. The van der Waals surface area contributed by atoms with Crippen LogP contribution in [0.15, 0.2) is 24.3 Å². The molecule has 23 heavy (non-hydrogen) atoms. The van der Waals surface area contributed by atoms with E-state index in [0.29, 0.717) is 19.7 Å². The van der Waals surface area contributed by atoms with Gasteiger partial charge >= 0.3 is 0 Å². The van der Waals surface area contributed by atoms with Crippen LogP contribution in [-0.2, 0) is 4.79 Å². The van der Waals surface area contributed by atoms with Gasteiger partial charge in [-0.25, -0.2) is 0 Å². The molecule has 1 aromatic rings. The van der Waals surface area contributed by atoms with Gasteiger partial charge in [0.25, 0.3) is 0 Å². The van der Waals surface area contributed by atoms with Crippen LogP contribution in [0.5, 0.6) is 5.75 Å². The SMILES string of the molecule is CN(C)c1cccc(OCCNCC(=O)N2CCC[C@H]2C#N)c1. The summed E-state index contributed by atoms with van der Waals surface area (Å²) >= 11 is 0. The molecular formula is C17H24N4O2. The van der Waals surface area contributed by atoms with Crippen molar-refractivity contribution in [3.63, 3.8) is 0 Å². The summed E-state index contributed by atoms with van der Waals surface area (Å²) in [5.74, 6) is 0.803. The Labute approximate surface area is 137 Å². The zero-order valence-electron chi connectivity index (χ0n) is 13.8. The molecule has 1 saturated heterocycles. The molecule has 0 bridgehead atoms. The predicted molar refractivity (Wildman–Crippen MR) is 89.5 cm³/mol. The number of nitrogens with one attached hydrogen (secondary N) is 1. The molecule has 2 rings (SSSR count). The van der Waals surface area contributed by atoms with Crippen molar-refractivity contribution in [1.82, 2.24) is 10.2 Å². The lowest BCUT2D eigenvalue weighted by Gasteiger charge is -2.19. The third-order valence-electron chi connectivity index (χ3n) is 3.88. The molecule has 1 fully saturated rings. The van der Waals surface area contributed by atoms with Crippen molar-refractivity contribution in [2.24, 2.45) is 0 Å². The van der Waals surface area contributed by atoms with Gasteiger partial charge in [0, 0.05) is 38.9 Å². The van der Waals surface area contributed by atoms with Gasteiger partial charge in [-0.1, -0.05) is 6.07 Å². The molecule has 0 saturated carbocycles. The highest BCUT2D eigenvalue weighted by atomic mass is 16.5. The maximum absolute atomic E-state index is 12.0. The molecule has 0 radical (unpaired) electrons. The van der Waals surface area contributed by atoms with Gasteiger partial charge in [0.1, 0.15) is 18.4 Å². The molecule has 1 aliphatic rings. The molecule has 0 spiro atoms. The molecule has 124 valence electrons. The van der Waals surface area contributed by atoms with E-state index in [-0.39, 0.29) is 18.5 Å². The van der Waals surface area contributed by atoms with E-state index in [1.807, 2.05) is 43.3 Å². The number of likely N-dealkylation sites (tertiary alicyclic amines) is 1. The van der Waals surface area contributed by atoms with Gasteiger partial charge < -0.3 is 19.9 Å². The molecule has 1 aliphatic heterocycles. The first kappa shape index (κ1) is 17.1. The first-order valence-corrected chi connectivity index (χ1v) is 7.92. The Kier molecular flexibility index (Phi) is 6.24. The Morgan fingerprint density at radius 3 is 3.09 bits per heavy atom. The molecule has 1 amide bonds. The number of nitrogens with zero attached hydrogens (tertiary/aromatic N) is 3. The lowest BCUT2D eigenvalue weighted by Crippen LogP contribution is -2.41. The lowest BCUT2D eigenvalue weighted by atomic mass is 10.2. The molecule has 0 unspecified atom stereocenters. The first-order valence-electron chi connectivity index (χ1n) is 7.92. The van der Waals surface area contributed by atoms with E-state index in [9.17, 15) is 4.79 Å². The molecule has 1 aromatic carbocycles. The normalized spacial score (nSPS) is 16.9. The number of nitriles is 1. The van der Waals surface area contributed by atoms with E-state index in [4.69, 9.17) is 10.00 Å². The lowest BCUT2D eigenvalue weighted by molar-refractivity contribution is -0.130. The van der Waals surface area contributed by atoms with E-state index in [1.54, 1.807) is 4.90 Å². The van der Waals surface area contributed by atoms with Gasteiger partial charge in [-0.2, -0.15) is 5.26 Å². The van der Waals surface area contributed by atoms with E-state index < -0.39 is 0 Å². The molecule has 1 atom stereocenters. The number of carbonyl (C=O) groups is 1. The Morgan fingerprint density at radius 2 is 2.35 bits per heavy atom. The van der Waals surface area contributed by atoms with Crippen molar-refractivity contribution in [1.29, 1.82) is 5.26 Å². The topological polar surface area (TPSA) is 68.6 Å². The van der Waals surface area contributed by atoms with Crippen LogP contribution in [0.25, 0.3) is 0 Å². The highest BCUT2D eigenvalue weighted by molar-refractivity contribution is 5.79. The van der Waals surface area contributed by atoms with Crippen LogP contribution in [0.1, 0.15) is 12.8 Å². The number of hydrogen-bond acceptors (Lipinski definition) is 5. The van der Waals surface area contributed by atoms with Crippen LogP contribution in [-0.4, -0.2) is 57.2 Å². The summed E-state index contributed by atoms with van der Waals surface area (Å²) in [5.41, 5.74) is 1.09. The van der Waals surface area contributed by atoms with Crippen LogP contribution in [0, 0.1) is 11.3 Å². The molecule has 0 aliphatic carbocycles. The van der Waals surface area contributed by atoms with Gasteiger partial charge in [0.2, 0.25) is 5.91 Å². The van der Waals surface area contributed by atoms with Crippen molar-refractivity contribution >= 4 is 11.6 Å². The summed E-state index contributed by atoms with van der Waals surface area (Å²) in [4.78, 5) is 15.7. The summed E-state index contributed by atoms with van der Waals surface area (Å²) in [5, 5.41) is 12.1. The third-order valence-corrected chi connectivity index (χ3v) is 3.88. The summed E-state index contributed by atoms with van der Waals surface area (Å²) in [6.07, 6.45) is 1.70. The van der Waals surface area contributed by atoms with E-state index in [2.05, 4.69) is 11.4 Å². The maximum atomic E-state index is 12.0. The van der Waals surface area contributed by atoms with Crippen molar-refractivity contribution in [2.75, 3.05) is 45.2 Å². The number of ether oxygens (including phenoxy) is 1. The van der Waals surface area contributed by atoms with Gasteiger partial charge in [-0.15, -0.1) is 0 Å². The molecule has 6 nitrogen and oxygen atoms in total. The Hall–Kier alpha value is -2.26. The minimum atomic E-state index is -0.255. The monoisotopic (exact) mass is 316 g/mol. The van der Waals surface area contributed by atoms with Gasteiger partial charge in [0.05, 0.1) is 12.6 Å². The quantitative estimate of drug-likeness (QED) is 0.767. The van der Waals surface area contributed by atoms with Crippen molar-refractivity contribution < 1.29 is 9.53 Å². The fourth-order valence-corrected chi connectivity index (χ4v) is 2.59. The maximum Gasteiger partial charge on any atom is 0.237 e. The summed E-state index contributed by atoms with van der Waals surface area (Å²) < 4.78 is 5.68. The van der Waals surface area contributed by atoms with Crippen LogP contribution >= 0.6 is 0 Å². The van der Waals surface area contributed by atoms with Crippen LogP contribution in [0.4, 0.5) is 5.69 Å². The predicted octanol–water partition coefficient (Wildman–Crippen LogP) is 1.24. The largest absolute Gasteiger partial charge is 0.492 e. The first-order chi connectivity index (χ1) is 11.1. The van der Waals surface area contributed by atoms with Gasteiger partial charge in [0.15, 0.2) is 0 Å². The fourth-order valence-electron chi connectivity index (χ4n) is 2.59. The molecule has 0 aromatic heterocycles. The molecule has 1 N–H and O–H groups in total. The van der Waals surface area contributed by atoms with Crippen LogP contribution in [0.2, 0.25) is 0 Å². The number of rotatable bonds is 7. The van der Waals surface area contributed by atoms with Gasteiger partial charge in [-0.3, -0.25) is 4.79 Å². The van der Waals surface area contributed by atoms with Crippen molar-refractivity contribution in [3.05, 3.63) is 24.3 Å². The van der Waals surface area contributed by atoms with E-state index >= 15 is 0 Å². The Morgan fingerprint density at radius 1 is 1.52 bits per heavy atom. The summed E-state index contributed by atoms with van der Waals surface area (Å²) in [6, 6.07) is 9.80. The van der Waals surface area contributed by atoms with Gasteiger partial charge in [-0.05, 0) is 25.0 Å². The number of amides is 1.